The SMILES string of the molecule is CC(=O)Nc1cc(N=C(C)N=C(N)c2ccccn2)ccn1. The minimum Gasteiger partial charge on any atom is -0.382 e. The molecule has 0 atom stereocenters. The molecular weight excluding hydrogens is 280 g/mol. The molecule has 2 rings (SSSR count). The molecule has 0 unspecified atom stereocenters. The second-order valence-corrected chi connectivity index (χ2v) is 4.45. The van der Waals surface area contributed by atoms with Crippen molar-refractivity contribution in [1.29, 1.82) is 0 Å². The lowest BCUT2D eigenvalue weighted by Gasteiger charge is -2.02. The maximum atomic E-state index is 11.0. The fourth-order valence-corrected chi connectivity index (χ4v) is 1.70. The number of aromatic nitrogens is 2. The third kappa shape index (κ3) is 4.48. The maximum Gasteiger partial charge on any atom is 0.222 e. The van der Waals surface area contributed by atoms with E-state index >= 15 is 0 Å². The summed E-state index contributed by atoms with van der Waals surface area (Å²) in [5.74, 6) is 1.01. The molecule has 0 fully saturated rings. The molecule has 0 saturated carbocycles. The van der Waals surface area contributed by atoms with Crippen molar-refractivity contribution in [3.8, 4) is 0 Å². The zero-order chi connectivity index (χ0) is 15.9. The molecule has 3 N–H and O–H groups in total. The van der Waals surface area contributed by atoms with Gasteiger partial charge < -0.3 is 11.1 Å². The number of amidine groups is 2. The Bertz CT molecular complexity index is 724. The number of carbonyl (C=O) groups excluding carboxylic acids is 1. The van der Waals surface area contributed by atoms with E-state index in [1.165, 1.54) is 6.92 Å². The van der Waals surface area contributed by atoms with Gasteiger partial charge in [-0.3, -0.25) is 9.78 Å². The van der Waals surface area contributed by atoms with Crippen LogP contribution in [0.3, 0.4) is 0 Å². The van der Waals surface area contributed by atoms with Crippen molar-refractivity contribution >= 4 is 29.1 Å². The number of hydrogen-bond donors (Lipinski definition) is 2. The summed E-state index contributed by atoms with van der Waals surface area (Å²) in [6, 6.07) is 8.77. The smallest absolute Gasteiger partial charge is 0.222 e. The van der Waals surface area contributed by atoms with Crippen molar-refractivity contribution < 1.29 is 4.79 Å². The van der Waals surface area contributed by atoms with Gasteiger partial charge in [0.2, 0.25) is 5.91 Å². The molecule has 2 heterocycles. The van der Waals surface area contributed by atoms with Crippen LogP contribution in [0.1, 0.15) is 19.5 Å². The minimum atomic E-state index is -0.192. The normalized spacial score (nSPS) is 12.1. The summed E-state index contributed by atoms with van der Waals surface area (Å²) < 4.78 is 0. The van der Waals surface area contributed by atoms with E-state index in [4.69, 9.17) is 5.73 Å². The molecule has 0 bridgehead atoms. The zero-order valence-corrected chi connectivity index (χ0v) is 12.3. The molecule has 7 heteroatoms. The first kappa shape index (κ1) is 15.3. The highest BCUT2D eigenvalue weighted by Gasteiger charge is 2.01. The van der Waals surface area contributed by atoms with Gasteiger partial charge in [-0.2, -0.15) is 0 Å². The van der Waals surface area contributed by atoms with E-state index in [0.717, 1.165) is 0 Å². The molecule has 112 valence electrons. The van der Waals surface area contributed by atoms with Crippen LogP contribution in [0.4, 0.5) is 11.5 Å². The second kappa shape index (κ2) is 7.07. The van der Waals surface area contributed by atoms with Gasteiger partial charge in [0.15, 0.2) is 5.84 Å². The maximum absolute atomic E-state index is 11.0. The van der Waals surface area contributed by atoms with Gasteiger partial charge in [0.1, 0.15) is 17.3 Å². The van der Waals surface area contributed by atoms with Crippen LogP contribution in [0.15, 0.2) is 52.7 Å². The number of hydrogen-bond acceptors (Lipinski definition) is 4. The van der Waals surface area contributed by atoms with Crippen molar-refractivity contribution in [3.05, 3.63) is 48.4 Å². The summed E-state index contributed by atoms with van der Waals surface area (Å²) >= 11 is 0. The number of aliphatic imine (C=N–C) groups is 2. The molecule has 0 aliphatic heterocycles. The molecule has 0 aliphatic carbocycles. The molecule has 0 aromatic carbocycles. The van der Waals surface area contributed by atoms with Crippen LogP contribution in [0.25, 0.3) is 0 Å². The predicted molar refractivity (Wildman–Crippen MR) is 86.3 cm³/mol. The Kier molecular flexibility index (Phi) is 4.92. The highest BCUT2D eigenvalue weighted by molar-refractivity contribution is 6.04. The molecule has 2 aromatic heterocycles. The van der Waals surface area contributed by atoms with Crippen LogP contribution in [-0.4, -0.2) is 27.5 Å². The van der Waals surface area contributed by atoms with E-state index in [0.29, 0.717) is 23.0 Å². The molecule has 0 spiro atoms. The Labute approximate surface area is 128 Å². The quantitative estimate of drug-likeness (QED) is 0.666. The summed E-state index contributed by atoms with van der Waals surface area (Å²) in [4.78, 5) is 27.7. The minimum absolute atomic E-state index is 0.192. The largest absolute Gasteiger partial charge is 0.382 e. The first-order valence-electron chi connectivity index (χ1n) is 6.59. The van der Waals surface area contributed by atoms with Crippen LogP contribution in [0.5, 0.6) is 0 Å². The van der Waals surface area contributed by atoms with Gasteiger partial charge in [-0.15, -0.1) is 0 Å². The second-order valence-electron chi connectivity index (χ2n) is 4.45. The van der Waals surface area contributed by atoms with Gasteiger partial charge in [-0.1, -0.05) is 6.07 Å². The number of carbonyl (C=O) groups is 1. The highest BCUT2D eigenvalue weighted by atomic mass is 16.1. The number of rotatable bonds is 3. The molecule has 0 saturated heterocycles. The van der Waals surface area contributed by atoms with Crippen LogP contribution in [0, 0.1) is 0 Å². The number of anilines is 1. The molecule has 1 amide bonds. The van der Waals surface area contributed by atoms with E-state index in [1.54, 1.807) is 43.6 Å². The number of amides is 1. The Morgan fingerprint density at radius 2 is 2.00 bits per heavy atom. The summed E-state index contributed by atoms with van der Waals surface area (Å²) in [7, 11) is 0. The third-order valence-corrected chi connectivity index (χ3v) is 2.55. The molecule has 2 aromatic rings. The van der Waals surface area contributed by atoms with Crippen molar-refractivity contribution in [3.63, 3.8) is 0 Å². The van der Waals surface area contributed by atoms with Crippen molar-refractivity contribution in [2.45, 2.75) is 13.8 Å². The Morgan fingerprint density at radius 1 is 1.18 bits per heavy atom. The van der Waals surface area contributed by atoms with Gasteiger partial charge in [0, 0.05) is 25.4 Å². The van der Waals surface area contributed by atoms with Crippen LogP contribution in [-0.2, 0) is 4.79 Å². The average Bonchev–Trinajstić information content (AvgIpc) is 2.47. The molecule has 0 radical (unpaired) electrons. The van der Waals surface area contributed by atoms with Crippen molar-refractivity contribution in [2.75, 3.05) is 5.32 Å². The first-order valence-corrected chi connectivity index (χ1v) is 6.59. The summed E-state index contributed by atoms with van der Waals surface area (Å²) in [6.45, 7) is 3.15. The highest BCUT2D eigenvalue weighted by Crippen LogP contribution is 2.15. The van der Waals surface area contributed by atoms with Crippen molar-refractivity contribution in [2.24, 2.45) is 15.7 Å². The first-order chi connectivity index (χ1) is 10.5. The van der Waals surface area contributed by atoms with Gasteiger partial charge in [-0.05, 0) is 25.1 Å². The lowest BCUT2D eigenvalue weighted by molar-refractivity contribution is -0.114. The Morgan fingerprint density at radius 3 is 2.68 bits per heavy atom. The van der Waals surface area contributed by atoms with Gasteiger partial charge in [0.05, 0.1) is 5.69 Å². The average molecular weight is 296 g/mol. The fourth-order valence-electron chi connectivity index (χ4n) is 1.70. The van der Waals surface area contributed by atoms with E-state index in [2.05, 4.69) is 25.3 Å². The summed E-state index contributed by atoms with van der Waals surface area (Å²) in [5.41, 5.74) is 7.09. The Balaban J connectivity index is 2.20. The summed E-state index contributed by atoms with van der Waals surface area (Å²) in [5, 5.41) is 2.60. The van der Waals surface area contributed by atoms with E-state index in [1.807, 2.05) is 6.07 Å². The fraction of sp³-hybridized carbons (Fsp3) is 0.133. The monoisotopic (exact) mass is 296 g/mol. The number of nitrogens with one attached hydrogen (secondary N) is 1. The van der Waals surface area contributed by atoms with Crippen molar-refractivity contribution in [1.82, 2.24) is 9.97 Å². The molecule has 22 heavy (non-hydrogen) atoms. The lowest BCUT2D eigenvalue weighted by Crippen LogP contribution is -2.16. The lowest BCUT2D eigenvalue weighted by atomic mass is 10.3. The Hall–Kier alpha value is -3.09. The molecule has 0 aliphatic rings. The van der Waals surface area contributed by atoms with Crippen LogP contribution in [0.2, 0.25) is 0 Å². The van der Waals surface area contributed by atoms with Gasteiger partial charge >= 0.3 is 0 Å². The molecule has 7 nitrogen and oxygen atoms in total. The predicted octanol–water partition coefficient (Wildman–Crippen LogP) is 1.89. The zero-order valence-electron chi connectivity index (χ0n) is 12.3. The summed E-state index contributed by atoms with van der Waals surface area (Å²) in [6.07, 6.45) is 3.20. The topological polar surface area (TPSA) is 106 Å². The third-order valence-electron chi connectivity index (χ3n) is 2.55. The number of pyridine rings is 2. The van der Waals surface area contributed by atoms with Crippen LogP contribution < -0.4 is 11.1 Å². The van der Waals surface area contributed by atoms with E-state index < -0.39 is 0 Å². The van der Waals surface area contributed by atoms with Crippen LogP contribution >= 0.6 is 0 Å². The standard InChI is InChI=1S/C15H16N6O/c1-10(20-15(16)13-5-3-4-7-17-13)19-12-6-8-18-14(9-12)21-11(2)22/h3-9H,1-2H3,(H3,16,18,19,20,21,22). The van der Waals surface area contributed by atoms with E-state index in [-0.39, 0.29) is 11.7 Å². The van der Waals surface area contributed by atoms with E-state index in [9.17, 15) is 4.79 Å². The number of nitrogens with zero attached hydrogens (tertiary/aromatic N) is 4. The number of nitrogens with two attached hydrogens (primary N) is 1. The van der Waals surface area contributed by atoms with Gasteiger partial charge in [0.25, 0.3) is 0 Å². The molecular formula is C15H16N6O. The van der Waals surface area contributed by atoms with Gasteiger partial charge in [-0.25, -0.2) is 15.0 Å².